The second-order valence-electron chi connectivity index (χ2n) is 5.81. The van der Waals surface area contributed by atoms with Gasteiger partial charge in [0.1, 0.15) is 5.82 Å². The normalized spacial score (nSPS) is 10.5. The van der Waals surface area contributed by atoms with Crippen LogP contribution in [-0.4, -0.2) is 22.7 Å². The van der Waals surface area contributed by atoms with E-state index in [9.17, 15) is 9.90 Å². The molecule has 5 nitrogen and oxygen atoms in total. The molecule has 0 saturated carbocycles. The molecule has 132 valence electrons. The topological polar surface area (TPSA) is 79.5 Å². The summed E-state index contributed by atoms with van der Waals surface area (Å²) in [5.74, 6) is 0.373. The fourth-order valence-electron chi connectivity index (χ4n) is 2.68. The number of hydrogen-bond donors (Lipinski definition) is 2. The maximum atomic E-state index is 11.6. The molecule has 6 heteroatoms. The van der Waals surface area contributed by atoms with Gasteiger partial charge in [0.25, 0.3) is 0 Å². The summed E-state index contributed by atoms with van der Waals surface area (Å²) in [6, 6.07) is 18.4. The number of nitrogens with two attached hydrogens (primary N) is 1. The van der Waals surface area contributed by atoms with E-state index >= 15 is 0 Å². The number of carboxylic acid groups (broad SMARTS) is 1. The van der Waals surface area contributed by atoms with E-state index in [4.69, 9.17) is 17.3 Å². The molecule has 0 bridgehead atoms. The minimum atomic E-state index is -1.04. The SMILES string of the molecule is Nc1ccc(Cl)cc1-c1ccc(N(CCc2ccccc2)C(=O)O)nc1. The number of nitrogen functional groups attached to an aromatic ring is 1. The van der Waals surface area contributed by atoms with E-state index in [0.29, 0.717) is 29.5 Å². The standard InChI is InChI=1S/C20H18ClN3O2/c21-16-7-8-18(22)17(12-16)15-6-9-19(23-13-15)24(20(25)26)11-10-14-4-2-1-3-5-14/h1-9,12-13H,10-11,22H2,(H,25,26). The molecule has 26 heavy (non-hydrogen) atoms. The Morgan fingerprint density at radius 1 is 1.12 bits per heavy atom. The van der Waals surface area contributed by atoms with Crippen LogP contribution in [0.1, 0.15) is 5.56 Å². The molecule has 0 aliphatic carbocycles. The number of nitrogens with zero attached hydrogens (tertiary/aromatic N) is 2. The summed E-state index contributed by atoms with van der Waals surface area (Å²) in [6.45, 7) is 0.324. The van der Waals surface area contributed by atoms with Gasteiger partial charge in [-0.3, -0.25) is 4.90 Å². The van der Waals surface area contributed by atoms with Crippen LogP contribution in [0, 0.1) is 0 Å². The zero-order chi connectivity index (χ0) is 18.5. The fraction of sp³-hybridized carbons (Fsp3) is 0.100. The molecule has 0 aliphatic rings. The predicted molar refractivity (Wildman–Crippen MR) is 105 cm³/mol. The molecule has 2 aromatic carbocycles. The number of pyridine rings is 1. The molecule has 3 rings (SSSR count). The third-order valence-electron chi connectivity index (χ3n) is 4.05. The lowest BCUT2D eigenvalue weighted by Gasteiger charge is -2.18. The minimum Gasteiger partial charge on any atom is -0.465 e. The van der Waals surface area contributed by atoms with E-state index < -0.39 is 6.09 Å². The lowest BCUT2D eigenvalue weighted by Crippen LogP contribution is -2.32. The molecule has 0 saturated heterocycles. The van der Waals surface area contributed by atoms with Gasteiger partial charge in [-0.05, 0) is 42.3 Å². The number of anilines is 2. The van der Waals surface area contributed by atoms with E-state index in [0.717, 1.165) is 16.7 Å². The van der Waals surface area contributed by atoms with Crippen LogP contribution in [-0.2, 0) is 6.42 Å². The Hall–Kier alpha value is -3.05. The number of halogens is 1. The monoisotopic (exact) mass is 367 g/mol. The second kappa shape index (κ2) is 7.89. The molecule has 3 aromatic rings. The Morgan fingerprint density at radius 2 is 1.88 bits per heavy atom. The zero-order valence-corrected chi connectivity index (χ0v) is 14.7. The van der Waals surface area contributed by atoms with E-state index in [1.54, 1.807) is 36.5 Å². The van der Waals surface area contributed by atoms with Gasteiger partial charge in [0, 0.05) is 34.6 Å². The first kappa shape index (κ1) is 17.8. The summed E-state index contributed by atoms with van der Waals surface area (Å²) < 4.78 is 0. The van der Waals surface area contributed by atoms with Crippen LogP contribution in [0.4, 0.5) is 16.3 Å². The van der Waals surface area contributed by atoms with Crippen molar-refractivity contribution in [1.29, 1.82) is 0 Å². The lowest BCUT2D eigenvalue weighted by molar-refractivity contribution is 0.201. The van der Waals surface area contributed by atoms with Crippen molar-refractivity contribution in [1.82, 2.24) is 4.98 Å². The summed E-state index contributed by atoms with van der Waals surface area (Å²) in [4.78, 5) is 17.2. The van der Waals surface area contributed by atoms with Gasteiger partial charge in [-0.15, -0.1) is 0 Å². The third-order valence-corrected chi connectivity index (χ3v) is 4.28. The lowest BCUT2D eigenvalue weighted by atomic mass is 10.1. The highest BCUT2D eigenvalue weighted by Gasteiger charge is 2.16. The summed E-state index contributed by atoms with van der Waals surface area (Å²) in [6.07, 6.45) is 1.18. The van der Waals surface area contributed by atoms with Crippen molar-refractivity contribution in [3.8, 4) is 11.1 Å². The summed E-state index contributed by atoms with van der Waals surface area (Å²) >= 11 is 6.03. The molecular weight excluding hydrogens is 350 g/mol. The van der Waals surface area contributed by atoms with Gasteiger partial charge >= 0.3 is 6.09 Å². The highest BCUT2D eigenvalue weighted by molar-refractivity contribution is 6.31. The first-order valence-electron chi connectivity index (χ1n) is 8.10. The molecule has 0 fully saturated rings. The highest BCUT2D eigenvalue weighted by Crippen LogP contribution is 2.29. The Labute approximate surface area is 156 Å². The molecule has 0 radical (unpaired) electrons. The predicted octanol–water partition coefficient (Wildman–Crippen LogP) is 4.71. The van der Waals surface area contributed by atoms with E-state index in [-0.39, 0.29) is 0 Å². The van der Waals surface area contributed by atoms with Gasteiger partial charge < -0.3 is 10.8 Å². The van der Waals surface area contributed by atoms with E-state index in [1.807, 2.05) is 30.3 Å². The number of carbonyl (C=O) groups is 1. The Balaban J connectivity index is 1.80. The average Bonchev–Trinajstić information content (AvgIpc) is 2.65. The van der Waals surface area contributed by atoms with Crippen LogP contribution >= 0.6 is 11.6 Å². The number of aromatic nitrogens is 1. The summed E-state index contributed by atoms with van der Waals surface area (Å²) in [7, 11) is 0. The maximum Gasteiger partial charge on any atom is 0.413 e. The van der Waals surface area contributed by atoms with Crippen LogP contribution in [0.3, 0.4) is 0 Å². The molecular formula is C20H18ClN3O2. The van der Waals surface area contributed by atoms with Gasteiger partial charge in [0.2, 0.25) is 0 Å². The zero-order valence-electron chi connectivity index (χ0n) is 14.0. The molecule has 0 atom stereocenters. The van der Waals surface area contributed by atoms with Crippen molar-refractivity contribution in [3.63, 3.8) is 0 Å². The highest BCUT2D eigenvalue weighted by atomic mass is 35.5. The average molecular weight is 368 g/mol. The van der Waals surface area contributed by atoms with Crippen LogP contribution in [0.2, 0.25) is 5.02 Å². The van der Waals surface area contributed by atoms with Gasteiger partial charge in [-0.25, -0.2) is 9.78 Å². The summed E-state index contributed by atoms with van der Waals surface area (Å²) in [5, 5.41) is 10.1. The molecule has 0 aliphatic heterocycles. The van der Waals surface area contributed by atoms with Crippen molar-refractivity contribution in [2.45, 2.75) is 6.42 Å². The fourth-order valence-corrected chi connectivity index (χ4v) is 2.85. The van der Waals surface area contributed by atoms with Crippen molar-refractivity contribution < 1.29 is 9.90 Å². The van der Waals surface area contributed by atoms with Crippen molar-refractivity contribution in [3.05, 3.63) is 77.4 Å². The molecule has 0 unspecified atom stereocenters. The maximum absolute atomic E-state index is 11.6. The first-order chi connectivity index (χ1) is 12.5. The number of benzene rings is 2. The van der Waals surface area contributed by atoms with E-state index in [2.05, 4.69) is 4.98 Å². The number of amides is 1. The smallest absolute Gasteiger partial charge is 0.413 e. The molecule has 1 heterocycles. The minimum absolute atomic E-state index is 0.324. The number of hydrogen-bond acceptors (Lipinski definition) is 3. The van der Waals surface area contributed by atoms with Crippen LogP contribution < -0.4 is 10.6 Å². The van der Waals surface area contributed by atoms with Crippen LogP contribution in [0.5, 0.6) is 0 Å². The van der Waals surface area contributed by atoms with Gasteiger partial charge in [0.05, 0.1) is 0 Å². The van der Waals surface area contributed by atoms with Gasteiger partial charge in [-0.2, -0.15) is 0 Å². The largest absolute Gasteiger partial charge is 0.465 e. The number of rotatable bonds is 5. The quantitative estimate of drug-likeness (QED) is 0.640. The Kier molecular flexibility index (Phi) is 5.39. The van der Waals surface area contributed by atoms with Crippen LogP contribution in [0.15, 0.2) is 66.9 Å². The third kappa shape index (κ3) is 4.13. The molecule has 1 amide bonds. The van der Waals surface area contributed by atoms with Crippen molar-refractivity contribution in [2.24, 2.45) is 0 Å². The van der Waals surface area contributed by atoms with Gasteiger partial charge in [-0.1, -0.05) is 41.9 Å². The molecule has 1 aromatic heterocycles. The van der Waals surface area contributed by atoms with Crippen molar-refractivity contribution >= 4 is 29.2 Å². The first-order valence-corrected chi connectivity index (χ1v) is 8.48. The Bertz CT molecular complexity index is 899. The summed E-state index contributed by atoms with van der Waals surface area (Å²) in [5.41, 5.74) is 9.19. The van der Waals surface area contributed by atoms with E-state index in [1.165, 1.54) is 4.90 Å². The van der Waals surface area contributed by atoms with Gasteiger partial charge in [0.15, 0.2) is 0 Å². The Morgan fingerprint density at radius 3 is 2.54 bits per heavy atom. The second-order valence-corrected chi connectivity index (χ2v) is 6.24. The van der Waals surface area contributed by atoms with Crippen molar-refractivity contribution in [2.75, 3.05) is 17.2 Å². The molecule has 0 spiro atoms. The molecule has 3 N–H and O–H groups in total. The van der Waals surface area contributed by atoms with Crippen LogP contribution in [0.25, 0.3) is 11.1 Å².